The van der Waals surface area contributed by atoms with E-state index in [1.807, 2.05) is 0 Å². The second-order valence-electron chi connectivity index (χ2n) is 3.22. The Kier molecular flexibility index (Phi) is 4.63. The van der Waals surface area contributed by atoms with Crippen LogP contribution in [0, 0.1) is 0 Å². The molecule has 0 saturated carbocycles. The van der Waals surface area contributed by atoms with Crippen molar-refractivity contribution in [3.05, 3.63) is 24.2 Å². The highest BCUT2D eigenvalue weighted by Crippen LogP contribution is 2.13. The van der Waals surface area contributed by atoms with Crippen LogP contribution < -0.4 is 4.72 Å². The van der Waals surface area contributed by atoms with E-state index in [0.717, 1.165) is 0 Å². The molecule has 0 aliphatic heterocycles. The van der Waals surface area contributed by atoms with Gasteiger partial charge in [-0.1, -0.05) is 0 Å². The van der Waals surface area contributed by atoms with Crippen molar-refractivity contribution in [1.29, 1.82) is 0 Å². The molecule has 86 valence electrons. The molecular formula is C9H14ClNO3S. The van der Waals surface area contributed by atoms with Crippen LogP contribution >= 0.6 is 11.6 Å². The number of alkyl halides is 1. The molecule has 0 unspecified atom stereocenters. The Morgan fingerprint density at radius 2 is 2.33 bits per heavy atom. The number of rotatable bonds is 6. The van der Waals surface area contributed by atoms with E-state index < -0.39 is 10.0 Å². The third-order valence-electron chi connectivity index (χ3n) is 1.87. The van der Waals surface area contributed by atoms with E-state index in [4.69, 9.17) is 16.0 Å². The largest absolute Gasteiger partial charge is 0.468 e. The average Bonchev–Trinajstić information content (AvgIpc) is 2.67. The van der Waals surface area contributed by atoms with E-state index in [1.54, 1.807) is 19.1 Å². The van der Waals surface area contributed by atoms with Crippen LogP contribution in [0.3, 0.4) is 0 Å². The van der Waals surface area contributed by atoms with Crippen LogP contribution in [0.1, 0.15) is 25.1 Å². The molecule has 0 saturated heterocycles. The standard InChI is InChI=1S/C9H14ClNO3S/c1-8(9-4-2-6-14-9)11-15(12,13)7-3-5-10/h2,4,6,8,11H,3,5,7H2,1H3/t8-/m1/s1. The average molecular weight is 252 g/mol. The zero-order chi connectivity index (χ0) is 11.3. The van der Waals surface area contributed by atoms with Crippen molar-refractivity contribution in [2.24, 2.45) is 0 Å². The van der Waals surface area contributed by atoms with Crippen molar-refractivity contribution in [2.75, 3.05) is 11.6 Å². The van der Waals surface area contributed by atoms with Gasteiger partial charge in [0.25, 0.3) is 0 Å². The lowest BCUT2D eigenvalue weighted by Gasteiger charge is -2.11. The first-order valence-corrected chi connectivity index (χ1v) is 6.83. The summed E-state index contributed by atoms with van der Waals surface area (Å²) < 4.78 is 30.6. The molecule has 0 amide bonds. The molecule has 0 aliphatic carbocycles. The number of sulfonamides is 1. The molecule has 6 heteroatoms. The Labute approximate surface area is 94.7 Å². The maximum absolute atomic E-state index is 11.5. The minimum atomic E-state index is -3.26. The summed E-state index contributed by atoms with van der Waals surface area (Å²) in [5.74, 6) is 0.988. The van der Waals surface area contributed by atoms with Gasteiger partial charge in [-0.3, -0.25) is 0 Å². The number of hydrogen-bond donors (Lipinski definition) is 1. The summed E-state index contributed by atoms with van der Waals surface area (Å²) >= 11 is 5.43. The van der Waals surface area contributed by atoms with Crippen LogP contribution in [-0.2, 0) is 10.0 Å². The highest BCUT2D eigenvalue weighted by atomic mass is 35.5. The highest BCUT2D eigenvalue weighted by molar-refractivity contribution is 7.89. The van der Waals surface area contributed by atoms with Crippen LogP contribution in [-0.4, -0.2) is 20.1 Å². The number of halogens is 1. The summed E-state index contributed by atoms with van der Waals surface area (Å²) in [6.07, 6.45) is 1.96. The van der Waals surface area contributed by atoms with Gasteiger partial charge >= 0.3 is 0 Å². The Morgan fingerprint density at radius 1 is 1.60 bits per heavy atom. The van der Waals surface area contributed by atoms with Crippen molar-refractivity contribution >= 4 is 21.6 Å². The molecule has 1 N–H and O–H groups in total. The fourth-order valence-electron chi connectivity index (χ4n) is 1.17. The van der Waals surface area contributed by atoms with Gasteiger partial charge in [0.1, 0.15) is 5.76 Å². The van der Waals surface area contributed by atoms with Crippen LogP contribution in [0.2, 0.25) is 0 Å². The van der Waals surface area contributed by atoms with Crippen molar-refractivity contribution in [1.82, 2.24) is 4.72 Å². The van der Waals surface area contributed by atoms with Gasteiger partial charge in [0.15, 0.2) is 0 Å². The molecule has 0 spiro atoms. The summed E-state index contributed by atoms with van der Waals surface area (Å²) in [7, 11) is -3.26. The van der Waals surface area contributed by atoms with E-state index in [2.05, 4.69) is 4.72 Å². The first-order chi connectivity index (χ1) is 7.05. The first-order valence-electron chi connectivity index (χ1n) is 4.64. The zero-order valence-corrected chi connectivity index (χ0v) is 10.0. The van der Waals surface area contributed by atoms with Gasteiger partial charge in [-0.2, -0.15) is 0 Å². The van der Waals surface area contributed by atoms with Gasteiger partial charge in [-0.15, -0.1) is 11.6 Å². The molecule has 1 aromatic heterocycles. The maximum atomic E-state index is 11.5. The molecule has 15 heavy (non-hydrogen) atoms. The van der Waals surface area contributed by atoms with Gasteiger partial charge < -0.3 is 4.42 Å². The monoisotopic (exact) mass is 251 g/mol. The molecule has 1 heterocycles. The molecule has 0 fully saturated rings. The first kappa shape index (κ1) is 12.5. The number of nitrogens with one attached hydrogen (secondary N) is 1. The van der Waals surface area contributed by atoms with Crippen molar-refractivity contribution in [3.63, 3.8) is 0 Å². The second-order valence-corrected chi connectivity index (χ2v) is 5.47. The molecule has 0 aromatic carbocycles. The normalized spacial score (nSPS) is 14.0. The lowest BCUT2D eigenvalue weighted by Crippen LogP contribution is -2.29. The Balaban J connectivity index is 2.54. The minimum Gasteiger partial charge on any atom is -0.468 e. The van der Waals surface area contributed by atoms with Crippen LogP contribution in [0.15, 0.2) is 22.8 Å². The van der Waals surface area contributed by atoms with Crippen molar-refractivity contribution < 1.29 is 12.8 Å². The van der Waals surface area contributed by atoms with Crippen LogP contribution in [0.25, 0.3) is 0 Å². The minimum absolute atomic E-state index is 0.0432. The molecular weight excluding hydrogens is 238 g/mol. The summed E-state index contributed by atoms with van der Waals surface area (Å²) in [5.41, 5.74) is 0. The quantitative estimate of drug-likeness (QED) is 0.786. The summed E-state index contributed by atoms with van der Waals surface area (Å²) in [6.45, 7) is 1.73. The lowest BCUT2D eigenvalue weighted by atomic mass is 10.3. The summed E-state index contributed by atoms with van der Waals surface area (Å²) in [6, 6.07) is 3.11. The summed E-state index contributed by atoms with van der Waals surface area (Å²) in [5, 5.41) is 0. The van der Waals surface area contributed by atoms with E-state index in [0.29, 0.717) is 18.1 Å². The topological polar surface area (TPSA) is 59.3 Å². The second kappa shape index (κ2) is 5.53. The van der Waals surface area contributed by atoms with Crippen molar-refractivity contribution in [3.8, 4) is 0 Å². The molecule has 4 nitrogen and oxygen atoms in total. The molecule has 1 atom stereocenters. The fraction of sp³-hybridized carbons (Fsp3) is 0.556. The number of furan rings is 1. The van der Waals surface area contributed by atoms with E-state index in [-0.39, 0.29) is 11.8 Å². The van der Waals surface area contributed by atoms with Crippen LogP contribution in [0.4, 0.5) is 0 Å². The maximum Gasteiger partial charge on any atom is 0.212 e. The smallest absolute Gasteiger partial charge is 0.212 e. The Morgan fingerprint density at radius 3 is 2.87 bits per heavy atom. The Hall–Kier alpha value is -0.520. The van der Waals surface area contributed by atoms with Gasteiger partial charge in [-0.25, -0.2) is 13.1 Å². The van der Waals surface area contributed by atoms with Crippen molar-refractivity contribution in [2.45, 2.75) is 19.4 Å². The third kappa shape index (κ3) is 4.24. The lowest BCUT2D eigenvalue weighted by molar-refractivity contribution is 0.459. The molecule has 0 bridgehead atoms. The van der Waals surface area contributed by atoms with Gasteiger partial charge in [-0.05, 0) is 25.5 Å². The van der Waals surface area contributed by atoms with Gasteiger partial charge in [0, 0.05) is 5.88 Å². The molecule has 0 aliphatic rings. The Bertz CT molecular complexity index is 374. The highest BCUT2D eigenvalue weighted by Gasteiger charge is 2.16. The van der Waals surface area contributed by atoms with E-state index in [9.17, 15) is 8.42 Å². The SMILES string of the molecule is C[C@@H](NS(=O)(=O)CCCCl)c1ccco1. The number of hydrogen-bond acceptors (Lipinski definition) is 3. The molecule has 0 radical (unpaired) electrons. The van der Waals surface area contributed by atoms with E-state index >= 15 is 0 Å². The van der Waals surface area contributed by atoms with E-state index in [1.165, 1.54) is 6.26 Å². The summed E-state index contributed by atoms with van der Waals surface area (Å²) in [4.78, 5) is 0. The molecule has 1 aromatic rings. The predicted molar refractivity (Wildman–Crippen MR) is 59.4 cm³/mol. The third-order valence-corrected chi connectivity index (χ3v) is 3.68. The fourth-order valence-corrected chi connectivity index (χ4v) is 2.76. The zero-order valence-electron chi connectivity index (χ0n) is 8.44. The predicted octanol–water partition coefficient (Wildman–Crippen LogP) is 1.89. The molecule has 1 rings (SSSR count). The van der Waals surface area contributed by atoms with Gasteiger partial charge in [0.05, 0.1) is 18.1 Å². The van der Waals surface area contributed by atoms with Crippen LogP contribution in [0.5, 0.6) is 0 Å². The van der Waals surface area contributed by atoms with Gasteiger partial charge in [0.2, 0.25) is 10.0 Å².